The van der Waals surface area contributed by atoms with Crippen LogP contribution in [0.15, 0.2) is 0 Å². The molecule has 18 rings (SSSR count). The van der Waals surface area contributed by atoms with Gasteiger partial charge in [-0.25, -0.2) is 0 Å². The predicted molar refractivity (Wildman–Crippen MR) is 572 cm³/mol. The van der Waals surface area contributed by atoms with E-state index in [1.807, 2.05) is 173 Å². The molecular formula is C122H202N2O26. The van der Waals surface area contributed by atoms with Crippen molar-refractivity contribution < 1.29 is 126 Å². The summed E-state index contributed by atoms with van der Waals surface area (Å²) in [6.45, 7) is 60.2. The molecule has 0 amide bonds. The fourth-order valence-corrected chi connectivity index (χ4v) is 25.3. The third kappa shape index (κ3) is 30.7. The Morgan fingerprint density at radius 1 is 0.313 bits per heavy atom. The molecule has 16 saturated carbocycles. The first kappa shape index (κ1) is 128. The van der Waals surface area contributed by atoms with Crippen LogP contribution in [-0.2, 0) is 100 Å². The van der Waals surface area contributed by atoms with Crippen LogP contribution in [0, 0.1) is 130 Å². The lowest BCUT2D eigenvalue weighted by Gasteiger charge is -2.62. The van der Waals surface area contributed by atoms with Crippen molar-refractivity contribution in [1.29, 1.82) is 10.5 Å². The molecule has 150 heavy (non-hydrogen) atoms. The number of fused-ring (bicyclic) bond motifs is 2. The van der Waals surface area contributed by atoms with Crippen LogP contribution in [0.1, 0.15) is 504 Å². The van der Waals surface area contributed by atoms with Gasteiger partial charge in [-0.15, -0.1) is 0 Å². The highest BCUT2D eigenvalue weighted by molar-refractivity contribution is 5.86. The number of carboxylic acid groups (broad SMARTS) is 1. The summed E-state index contributed by atoms with van der Waals surface area (Å²) >= 11 is 0. The van der Waals surface area contributed by atoms with Gasteiger partial charge in [0.2, 0.25) is 0 Å². The topological polar surface area (TPSA) is 429 Å². The van der Waals surface area contributed by atoms with E-state index in [-0.39, 0.29) is 141 Å². The molecule has 18 fully saturated rings. The molecule has 18 aliphatic rings. The average Bonchev–Trinajstić information content (AvgIpc) is 1.39. The van der Waals surface area contributed by atoms with E-state index in [1.54, 1.807) is 13.8 Å². The van der Waals surface area contributed by atoms with Gasteiger partial charge in [0.1, 0.15) is 59.0 Å². The molecule has 0 spiro atoms. The first-order valence-corrected chi connectivity index (χ1v) is 58.3. The Bertz CT molecular complexity index is 4390. The van der Waals surface area contributed by atoms with Gasteiger partial charge in [-0.05, 0) is 375 Å². The molecule has 28 heteroatoms. The number of hydrogen-bond donors (Lipinski definition) is 5. The lowest BCUT2D eigenvalue weighted by atomic mass is 9.50. The van der Waals surface area contributed by atoms with Crippen molar-refractivity contribution in [2.75, 3.05) is 0 Å². The predicted octanol–water partition coefficient (Wildman–Crippen LogP) is 24.7. The minimum Gasteiger partial charge on any atom is -0.481 e. The minimum atomic E-state index is -0.974. The second kappa shape index (κ2) is 49.4. The summed E-state index contributed by atoms with van der Waals surface area (Å²) in [6, 6.07) is 4.30. The molecule has 2 heterocycles. The Morgan fingerprint density at radius 3 is 0.773 bits per heavy atom. The Hall–Kier alpha value is -7.01. The van der Waals surface area contributed by atoms with Crippen molar-refractivity contribution in [2.24, 2.45) is 107 Å². The number of nitrogens with zero attached hydrogens (tertiary/aromatic N) is 2. The van der Waals surface area contributed by atoms with Crippen LogP contribution in [0.4, 0.5) is 0 Å². The summed E-state index contributed by atoms with van der Waals surface area (Å²) < 4.78 is 56.4. The smallest absolute Gasteiger partial charge is 0.327 e. The van der Waals surface area contributed by atoms with Gasteiger partial charge in [-0.2, -0.15) is 10.5 Å². The summed E-state index contributed by atoms with van der Waals surface area (Å²) in [7, 11) is 0. The van der Waals surface area contributed by atoms with E-state index >= 15 is 0 Å². The molecule has 14 unspecified atom stereocenters. The molecule has 0 aromatic rings. The van der Waals surface area contributed by atoms with E-state index in [1.165, 1.54) is 103 Å². The van der Waals surface area contributed by atoms with E-state index in [4.69, 9.17) is 52.5 Å². The van der Waals surface area contributed by atoms with Crippen LogP contribution in [0.3, 0.4) is 0 Å². The van der Waals surface area contributed by atoms with Gasteiger partial charge in [0, 0.05) is 62.2 Å². The maximum Gasteiger partial charge on any atom is 0.327 e. The summed E-state index contributed by atoms with van der Waals surface area (Å²) in [5.41, 5.74) is -11.2. The third-order valence-electron chi connectivity index (χ3n) is 39.0. The average molecular weight is 2110 g/mol. The number of aliphatic carboxylic acids is 1. The molecule has 12 bridgehead atoms. The zero-order chi connectivity index (χ0) is 113. The highest BCUT2D eigenvalue weighted by atomic mass is 16.6. The Labute approximate surface area is 901 Å². The van der Waals surface area contributed by atoms with Crippen molar-refractivity contribution in [1.82, 2.24) is 0 Å². The van der Waals surface area contributed by atoms with Gasteiger partial charge in [-0.1, -0.05) is 114 Å². The van der Waals surface area contributed by atoms with Gasteiger partial charge in [-0.3, -0.25) is 52.7 Å². The van der Waals surface area contributed by atoms with Gasteiger partial charge in [0.15, 0.2) is 10.8 Å². The van der Waals surface area contributed by atoms with Crippen molar-refractivity contribution in [3.63, 3.8) is 0 Å². The number of rotatable bonds is 28. The highest BCUT2D eigenvalue weighted by Crippen LogP contribution is 2.66. The maximum absolute atomic E-state index is 12.4. The molecule has 16 aliphatic carbocycles. The van der Waals surface area contributed by atoms with Crippen LogP contribution < -0.4 is 0 Å². The Morgan fingerprint density at radius 2 is 0.547 bits per heavy atom. The number of esters is 10. The standard InChI is InChI=1S/2C16H26O4.2C15H19NO4.2C15H28O2.2C12H22O2.C6H12O2/c2*1-4-13(2,3)12(17)20-16-7-11-5-14(18,9-16)8-15(19,6-11)10-16;2*1-4-14(2,3)12(17)19-10-8-5-9-11(10)20-13(18)15(9,6-8)7-16;2*1-6-14(2,3)13(16)17-15(4,5)12-10-8-7-9-11-12;2*1-4-12(2,3)11(13)14-10-8-6-5-7-9-10;1-4-6(2,3)5(7)8/h2*11,18-19H,4-10H2,1-3H3;2*8-11H,4-6H2,1-3H3;2*12H,6-11H2,1-5H3;2*10H,4-9H2,1-3H3;4H2,1-3H3,(H,7,8). The van der Waals surface area contributed by atoms with E-state index < -0.39 is 102 Å². The van der Waals surface area contributed by atoms with Crippen molar-refractivity contribution >= 4 is 65.7 Å². The largest absolute Gasteiger partial charge is 0.481 e. The molecule has 2 aliphatic heterocycles. The van der Waals surface area contributed by atoms with Gasteiger partial charge in [0.25, 0.3) is 0 Å². The van der Waals surface area contributed by atoms with Crippen molar-refractivity contribution in [2.45, 2.75) is 585 Å². The number of ether oxygens (including phenoxy) is 10. The van der Waals surface area contributed by atoms with Crippen molar-refractivity contribution in [3.8, 4) is 12.1 Å². The van der Waals surface area contributed by atoms with Gasteiger partial charge in [0.05, 0.1) is 83.3 Å². The first-order chi connectivity index (χ1) is 69.1. The molecular weight excluding hydrogens is 1910 g/mol. The van der Waals surface area contributed by atoms with E-state index in [2.05, 4.69) is 39.8 Å². The summed E-state index contributed by atoms with van der Waals surface area (Å²) in [6.07, 6.45) is 39.8. The quantitative estimate of drug-likeness (QED) is 0.0359. The molecule has 28 nitrogen and oxygen atoms in total. The van der Waals surface area contributed by atoms with Crippen molar-refractivity contribution in [3.05, 3.63) is 0 Å². The second-order valence-corrected chi connectivity index (χ2v) is 55.7. The zero-order valence-corrected chi connectivity index (χ0v) is 98.6. The van der Waals surface area contributed by atoms with Gasteiger partial charge >= 0.3 is 65.7 Å². The van der Waals surface area contributed by atoms with E-state index in [0.29, 0.717) is 82.5 Å². The normalized spacial score (nSPS) is 32.0. The fourth-order valence-electron chi connectivity index (χ4n) is 25.3. The fraction of sp³-hybridized carbons (Fsp3) is 0.893. The molecule has 0 aromatic heterocycles. The molecule has 856 valence electrons. The molecule has 0 radical (unpaired) electrons. The zero-order valence-electron chi connectivity index (χ0n) is 98.6. The summed E-state index contributed by atoms with van der Waals surface area (Å²) in [4.78, 5) is 131. The first-order valence-electron chi connectivity index (χ1n) is 58.3. The molecule has 2 saturated heterocycles. The van der Waals surface area contributed by atoms with Gasteiger partial charge < -0.3 is 72.9 Å². The SMILES string of the molecule is CCC(C)(C)C(=O)O.CCC(C)(C)C(=O)OC(C)(C)C1CCCCC1.CCC(C)(C)C(=O)OC(C)(C)C1CCCCC1.CCC(C)(C)C(=O)OC12CC3CC(O)(CC(O)(C3)C1)C2.CCC(C)(C)C(=O)OC12CC3CC(O)(CC(O)(C3)C1)C2.CCC(C)(C)C(=O)OC1C2CC3C1OC(=O)C3(C#N)C2.CCC(C)(C)C(=O)OC1C2CC3C1OC(=O)C3(C#N)C2.CCC(C)(C)C(=O)OC1CCCCC1.CCC(C)(C)C(=O)OC1CCCCC1. The summed E-state index contributed by atoms with van der Waals surface area (Å²) in [5.74, 6) is -1.03. The Balaban J connectivity index is 0.000000207. The number of carbonyl (C=O) groups is 11. The maximum atomic E-state index is 12.4. The Kier molecular flexibility index (Phi) is 42.2. The van der Waals surface area contributed by atoms with E-state index in [9.17, 15) is 83.7 Å². The van der Waals surface area contributed by atoms with Crippen LogP contribution in [-0.4, -0.2) is 173 Å². The van der Waals surface area contributed by atoms with Crippen LogP contribution in [0.2, 0.25) is 0 Å². The molecule has 14 atom stereocenters. The molecule has 0 aromatic carbocycles. The second-order valence-electron chi connectivity index (χ2n) is 55.7. The van der Waals surface area contributed by atoms with Crippen LogP contribution >= 0.6 is 0 Å². The number of carboxylic acids is 1. The van der Waals surface area contributed by atoms with E-state index in [0.717, 1.165) is 116 Å². The monoisotopic (exact) mass is 2110 g/mol. The number of aliphatic hydroxyl groups is 4. The molecule has 5 N–H and O–H groups in total. The lowest BCUT2D eigenvalue weighted by molar-refractivity contribution is -0.265. The number of carbonyl (C=O) groups excluding carboxylic acids is 10. The lowest BCUT2D eigenvalue weighted by Crippen LogP contribution is -2.67. The summed E-state index contributed by atoms with van der Waals surface area (Å²) in [5, 5.41) is 69.7. The van der Waals surface area contributed by atoms with Crippen LogP contribution in [0.5, 0.6) is 0 Å². The third-order valence-corrected chi connectivity index (χ3v) is 39.0. The van der Waals surface area contributed by atoms with Crippen LogP contribution in [0.25, 0.3) is 0 Å². The minimum absolute atomic E-state index is 0.0214. The number of hydrogen-bond acceptors (Lipinski definition) is 27. The highest BCUT2D eigenvalue weighted by Gasteiger charge is 2.75. The number of nitriles is 2.